The van der Waals surface area contributed by atoms with E-state index in [-0.39, 0.29) is 24.6 Å². The van der Waals surface area contributed by atoms with Gasteiger partial charge in [-0.1, -0.05) is 32.4 Å². The van der Waals surface area contributed by atoms with Crippen molar-refractivity contribution in [3.8, 4) is 0 Å². The first-order valence-electron chi connectivity index (χ1n) is 7.38. The molecule has 0 atom stereocenters. The second kappa shape index (κ2) is 9.39. The molecule has 0 saturated carbocycles. The van der Waals surface area contributed by atoms with Crippen LogP contribution in [0.2, 0.25) is 0 Å². The van der Waals surface area contributed by atoms with Crippen LogP contribution in [-0.2, 0) is 14.3 Å². The van der Waals surface area contributed by atoms with E-state index < -0.39 is 0 Å². The topological polar surface area (TPSA) is 55.8 Å². The van der Waals surface area contributed by atoms with Crippen LogP contribution in [0.1, 0.15) is 39.0 Å². The molecule has 0 radical (unpaired) electrons. The number of esters is 1. The Kier molecular flexibility index (Phi) is 7.77. The zero-order valence-corrected chi connectivity index (χ0v) is 12.3. The van der Waals surface area contributed by atoms with Crippen molar-refractivity contribution < 1.29 is 19.1 Å². The van der Waals surface area contributed by atoms with Crippen molar-refractivity contribution in [3.63, 3.8) is 0 Å². The molecule has 0 aromatic heterocycles. The first-order chi connectivity index (χ1) is 9.69. The molecule has 0 spiro atoms. The van der Waals surface area contributed by atoms with Gasteiger partial charge in [-0.15, -0.1) is 0 Å². The lowest BCUT2D eigenvalue weighted by Gasteiger charge is -2.30. The number of nitrogens with zero attached hydrogens (tertiary/aromatic N) is 1. The Labute approximate surface area is 120 Å². The molecular weight excluding hydrogens is 258 g/mol. The van der Waals surface area contributed by atoms with Gasteiger partial charge in [-0.3, -0.25) is 4.79 Å². The minimum absolute atomic E-state index is 0.0833. The second-order valence-corrected chi connectivity index (χ2v) is 5.00. The molecule has 5 heteroatoms. The number of carbonyl (C=O) groups excluding carboxylic acids is 2. The summed E-state index contributed by atoms with van der Waals surface area (Å²) in [6.45, 7) is 7.43. The first-order valence-corrected chi connectivity index (χ1v) is 7.38. The van der Waals surface area contributed by atoms with E-state index in [0.29, 0.717) is 32.5 Å². The number of rotatable bonds is 7. The third-order valence-electron chi connectivity index (χ3n) is 3.40. The molecule has 0 unspecified atom stereocenters. The summed E-state index contributed by atoms with van der Waals surface area (Å²) in [5, 5.41) is 0. The van der Waals surface area contributed by atoms with Gasteiger partial charge in [-0.25, -0.2) is 4.79 Å². The van der Waals surface area contributed by atoms with Crippen LogP contribution in [0.25, 0.3) is 0 Å². The highest BCUT2D eigenvalue weighted by Crippen LogP contribution is 2.19. The lowest BCUT2D eigenvalue weighted by atomic mass is 9.97. The normalized spacial score (nSPS) is 15.8. The van der Waals surface area contributed by atoms with Gasteiger partial charge in [0.15, 0.2) is 0 Å². The van der Waals surface area contributed by atoms with Crippen LogP contribution >= 0.6 is 0 Å². The summed E-state index contributed by atoms with van der Waals surface area (Å²) in [5.41, 5.74) is 0. The van der Waals surface area contributed by atoms with E-state index in [1.807, 2.05) is 0 Å². The van der Waals surface area contributed by atoms with Gasteiger partial charge in [0.25, 0.3) is 0 Å². The number of hydrogen-bond acceptors (Lipinski definition) is 4. The number of unbranched alkanes of at least 4 members (excludes halogenated alkanes) is 2. The summed E-state index contributed by atoms with van der Waals surface area (Å²) in [6, 6.07) is 0. The Bertz CT molecular complexity index is 322. The minimum atomic E-state index is -0.334. The van der Waals surface area contributed by atoms with Crippen LogP contribution in [0.15, 0.2) is 12.7 Å². The van der Waals surface area contributed by atoms with Gasteiger partial charge in [-0.05, 0) is 19.3 Å². The molecule has 1 aliphatic rings. The molecule has 1 heterocycles. The van der Waals surface area contributed by atoms with Crippen molar-refractivity contribution in [1.29, 1.82) is 0 Å². The fraction of sp³-hybridized carbons (Fsp3) is 0.733. The van der Waals surface area contributed by atoms with E-state index in [2.05, 4.69) is 13.5 Å². The lowest BCUT2D eigenvalue weighted by molar-refractivity contribution is -0.150. The Balaban J connectivity index is 2.22. The maximum absolute atomic E-state index is 11.8. The van der Waals surface area contributed by atoms with Crippen molar-refractivity contribution in [1.82, 2.24) is 4.90 Å². The van der Waals surface area contributed by atoms with Gasteiger partial charge in [0, 0.05) is 13.1 Å². The molecule has 114 valence electrons. The summed E-state index contributed by atoms with van der Waals surface area (Å²) in [4.78, 5) is 25.1. The van der Waals surface area contributed by atoms with Gasteiger partial charge < -0.3 is 14.4 Å². The van der Waals surface area contributed by atoms with Crippen molar-refractivity contribution in [3.05, 3.63) is 12.7 Å². The molecule has 5 nitrogen and oxygen atoms in total. The number of amides is 1. The predicted molar refractivity (Wildman–Crippen MR) is 76.3 cm³/mol. The van der Waals surface area contributed by atoms with E-state index in [9.17, 15) is 9.59 Å². The Hall–Kier alpha value is -1.52. The van der Waals surface area contributed by atoms with Crippen molar-refractivity contribution in [2.45, 2.75) is 39.0 Å². The molecule has 0 N–H and O–H groups in total. The van der Waals surface area contributed by atoms with E-state index in [4.69, 9.17) is 9.47 Å². The van der Waals surface area contributed by atoms with Crippen LogP contribution < -0.4 is 0 Å². The van der Waals surface area contributed by atoms with E-state index in [0.717, 1.165) is 19.3 Å². The van der Waals surface area contributed by atoms with Gasteiger partial charge in [0.2, 0.25) is 0 Å². The van der Waals surface area contributed by atoms with Gasteiger partial charge in [-0.2, -0.15) is 0 Å². The summed E-state index contributed by atoms with van der Waals surface area (Å²) in [6.07, 6.45) is 5.63. The predicted octanol–water partition coefficient (Wildman–Crippen LogP) is 2.75. The number of ether oxygens (including phenoxy) is 2. The second-order valence-electron chi connectivity index (χ2n) is 5.00. The lowest BCUT2D eigenvalue weighted by Crippen LogP contribution is -2.41. The standard InChI is InChI=1S/C15H25NO4/c1-3-5-6-12-19-14(17)13-7-9-16(10-8-13)15(18)20-11-4-2/h4,13H,2-3,5-12H2,1H3. The summed E-state index contributed by atoms with van der Waals surface area (Å²) in [7, 11) is 0. The smallest absolute Gasteiger partial charge is 0.410 e. The van der Waals surface area contributed by atoms with Crippen LogP contribution in [-0.4, -0.2) is 43.3 Å². The Morgan fingerprint density at radius 2 is 1.95 bits per heavy atom. The molecular formula is C15H25NO4. The summed E-state index contributed by atoms with van der Waals surface area (Å²) < 4.78 is 10.2. The highest BCUT2D eigenvalue weighted by Gasteiger charge is 2.28. The molecule has 0 aromatic carbocycles. The van der Waals surface area contributed by atoms with Gasteiger partial charge >= 0.3 is 12.1 Å². The third-order valence-corrected chi connectivity index (χ3v) is 3.40. The number of piperidine rings is 1. The van der Waals surface area contributed by atoms with Gasteiger partial charge in [0.1, 0.15) is 6.61 Å². The number of carbonyl (C=O) groups is 2. The first kappa shape index (κ1) is 16.5. The molecule has 0 aliphatic carbocycles. The molecule has 1 saturated heterocycles. The highest BCUT2D eigenvalue weighted by molar-refractivity contribution is 5.73. The Morgan fingerprint density at radius 3 is 2.55 bits per heavy atom. The highest BCUT2D eigenvalue weighted by atomic mass is 16.6. The fourth-order valence-corrected chi connectivity index (χ4v) is 2.16. The molecule has 1 amide bonds. The minimum Gasteiger partial charge on any atom is -0.465 e. The van der Waals surface area contributed by atoms with Crippen LogP contribution in [0.3, 0.4) is 0 Å². The third kappa shape index (κ3) is 5.63. The molecule has 1 aliphatic heterocycles. The molecule has 0 aromatic rings. The average molecular weight is 283 g/mol. The maximum atomic E-state index is 11.8. The molecule has 0 bridgehead atoms. The van der Waals surface area contributed by atoms with Crippen molar-refractivity contribution in [2.24, 2.45) is 5.92 Å². The zero-order chi connectivity index (χ0) is 14.8. The maximum Gasteiger partial charge on any atom is 0.410 e. The van der Waals surface area contributed by atoms with E-state index in [1.165, 1.54) is 6.08 Å². The summed E-state index contributed by atoms with van der Waals surface area (Å²) >= 11 is 0. The Morgan fingerprint density at radius 1 is 1.25 bits per heavy atom. The largest absolute Gasteiger partial charge is 0.465 e. The van der Waals surface area contributed by atoms with Crippen molar-refractivity contribution >= 4 is 12.1 Å². The van der Waals surface area contributed by atoms with Gasteiger partial charge in [0.05, 0.1) is 12.5 Å². The number of hydrogen-bond donors (Lipinski definition) is 0. The van der Waals surface area contributed by atoms with Crippen LogP contribution in [0.5, 0.6) is 0 Å². The fourth-order valence-electron chi connectivity index (χ4n) is 2.16. The average Bonchev–Trinajstić information content (AvgIpc) is 2.49. The molecule has 1 fully saturated rings. The zero-order valence-electron chi connectivity index (χ0n) is 12.3. The SMILES string of the molecule is C=CCOC(=O)N1CCC(C(=O)OCCCCC)CC1. The van der Waals surface area contributed by atoms with E-state index in [1.54, 1.807) is 4.90 Å². The quantitative estimate of drug-likeness (QED) is 0.409. The number of likely N-dealkylation sites (tertiary alicyclic amines) is 1. The van der Waals surface area contributed by atoms with Crippen LogP contribution in [0, 0.1) is 5.92 Å². The van der Waals surface area contributed by atoms with Crippen LogP contribution in [0.4, 0.5) is 4.79 Å². The van der Waals surface area contributed by atoms with Crippen molar-refractivity contribution in [2.75, 3.05) is 26.3 Å². The van der Waals surface area contributed by atoms with E-state index >= 15 is 0 Å². The molecule has 1 rings (SSSR count). The monoisotopic (exact) mass is 283 g/mol. The summed E-state index contributed by atoms with van der Waals surface area (Å²) in [5.74, 6) is -0.208. The molecule has 20 heavy (non-hydrogen) atoms.